The summed E-state index contributed by atoms with van der Waals surface area (Å²) < 4.78 is 11.5. The molecule has 2 aliphatic rings. The van der Waals surface area contributed by atoms with Crippen LogP contribution in [0.5, 0.6) is 5.75 Å². The molecule has 0 amide bonds. The summed E-state index contributed by atoms with van der Waals surface area (Å²) in [5.41, 5.74) is 1.30. The summed E-state index contributed by atoms with van der Waals surface area (Å²) in [5, 5.41) is 3.67. The Kier molecular flexibility index (Phi) is 4.58. The molecule has 0 saturated heterocycles. The molecule has 110 valence electrons. The Labute approximate surface area is 121 Å². The molecule has 0 spiro atoms. The Morgan fingerprint density at radius 2 is 2.15 bits per heavy atom. The molecule has 1 aromatic rings. The second-order valence-electron chi connectivity index (χ2n) is 6.13. The van der Waals surface area contributed by atoms with Gasteiger partial charge in [0.1, 0.15) is 5.75 Å². The van der Waals surface area contributed by atoms with E-state index in [1.165, 1.54) is 18.4 Å². The van der Waals surface area contributed by atoms with Crippen LogP contribution in [0.4, 0.5) is 0 Å². The van der Waals surface area contributed by atoms with Crippen LogP contribution in [0.3, 0.4) is 0 Å². The molecule has 1 saturated carbocycles. The standard InChI is InChI=1S/C17H25NO2/c1-13-11-20-16-6-3-2-5-15(16)17(13)18-9-4-10-19-12-14-7-8-14/h2-3,5-6,13-14,17-18H,4,7-12H2,1H3. The van der Waals surface area contributed by atoms with Gasteiger partial charge in [-0.1, -0.05) is 25.1 Å². The van der Waals surface area contributed by atoms with E-state index in [1.54, 1.807) is 0 Å². The van der Waals surface area contributed by atoms with Gasteiger partial charge in [-0.25, -0.2) is 0 Å². The van der Waals surface area contributed by atoms with Crippen molar-refractivity contribution in [1.29, 1.82) is 0 Å². The minimum absolute atomic E-state index is 0.406. The van der Waals surface area contributed by atoms with Gasteiger partial charge in [0, 0.05) is 30.7 Å². The molecule has 1 heterocycles. The molecule has 3 heteroatoms. The minimum Gasteiger partial charge on any atom is -0.493 e. The highest BCUT2D eigenvalue weighted by Crippen LogP contribution is 2.34. The van der Waals surface area contributed by atoms with Crippen LogP contribution in [0.15, 0.2) is 24.3 Å². The van der Waals surface area contributed by atoms with Crippen molar-refractivity contribution in [3.63, 3.8) is 0 Å². The highest BCUT2D eigenvalue weighted by atomic mass is 16.5. The van der Waals surface area contributed by atoms with Crippen LogP contribution >= 0.6 is 0 Å². The molecule has 20 heavy (non-hydrogen) atoms. The van der Waals surface area contributed by atoms with E-state index in [0.717, 1.165) is 44.5 Å². The third-order valence-corrected chi connectivity index (χ3v) is 4.21. The molecule has 1 aliphatic heterocycles. The lowest BCUT2D eigenvalue weighted by molar-refractivity contribution is 0.119. The first kappa shape index (κ1) is 13.9. The Morgan fingerprint density at radius 1 is 1.30 bits per heavy atom. The first-order valence-corrected chi connectivity index (χ1v) is 7.87. The van der Waals surface area contributed by atoms with Gasteiger partial charge in [-0.3, -0.25) is 0 Å². The van der Waals surface area contributed by atoms with Crippen LogP contribution in [0, 0.1) is 11.8 Å². The Bertz CT molecular complexity index is 431. The van der Waals surface area contributed by atoms with Gasteiger partial charge in [0.2, 0.25) is 0 Å². The monoisotopic (exact) mass is 275 g/mol. The zero-order valence-corrected chi connectivity index (χ0v) is 12.3. The van der Waals surface area contributed by atoms with Crippen LogP contribution in [-0.4, -0.2) is 26.4 Å². The number of hydrogen-bond acceptors (Lipinski definition) is 3. The van der Waals surface area contributed by atoms with Gasteiger partial charge in [0.15, 0.2) is 0 Å². The third-order valence-electron chi connectivity index (χ3n) is 4.21. The van der Waals surface area contributed by atoms with Crippen molar-refractivity contribution in [2.45, 2.75) is 32.2 Å². The predicted molar refractivity (Wildman–Crippen MR) is 80.0 cm³/mol. The maximum Gasteiger partial charge on any atom is 0.124 e. The van der Waals surface area contributed by atoms with E-state index in [9.17, 15) is 0 Å². The third kappa shape index (κ3) is 3.53. The summed E-state index contributed by atoms with van der Waals surface area (Å²) in [4.78, 5) is 0. The van der Waals surface area contributed by atoms with Crippen LogP contribution in [0.1, 0.15) is 37.8 Å². The highest BCUT2D eigenvalue weighted by Gasteiger charge is 2.26. The molecule has 0 bridgehead atoms. The largest absolute Gasteiger partial charge is 0.493 e. The summed E-state index contributed by atoms with van der Waals surface area (Å²) in [6.45, 7) is 5.90. The number of para-hydroxylation sites is 1. The maximum absolute atomic E-state index is 5.78. The zero-order valence-electron chi connectivity index (χ0n) is 12.3. The van der Waals surface area contributed by atoms with Gasteiger partial charge in [0.25, 0.3) is 0 Å². The molecule has 2 unspecified atom stereocenters. The van der Waals surface area contributed by atoms with Gasteiger partial charge in [-0.05, 0) is 37.8 Å². The Balaban J connectivity index is 1.43. The quantitative estimate of drug-likeness (QED) is 0.775. The molecule has 1 aliphatic carbocycles. The molecule has 3 nitrogen and oxygen atoms in total. The molecular formula is C17H25NO2. The van der Waals surface area contributed by atoms with E-state index in [1.807, 2.05) is 6.07 Å². The lowest BCUT2D eigenvalue weighted by atomic mass is 9.92. The highest BCUT2D eigenvalue weighted by molar-refractivity contribution is 5.37. The number of rotatable bonds is 7. The second-order valence-corrected chi connectivity index (χ2v) is 6.13. The van der Waals surface area contributed by atoms with Crippen molar-refractivity contribution >= 4 is 0 Å². The molecule has 2 atom stereocenters. The molecule has 1 aromatic carbocycles. The van der Waals surface area contributed by atoms with Gasteiger partial charge < -0.3 is 14.8 Å². The molecule has 0 aromatic heterocycles. The first-order chi connectivity index (χ1) is 9.84. The summed E-state index contributed by atoms with van der Waals surface area (Å²) >= 11 is 0. The van der Waals surface area contributed by atoms with Crippen molar-refractivity contribution in [3.05, 3.63) is 29.8 Å². The number of benzene rings is 1. The summed E-state index contributed by atoms with van der Waals surface area (Å²) in [7, 11) is 0. The summed E-state index contributed by atoms with van der Waals surface area (Å²) in [5.74, 6) is 2.41. The fourth-order valence-electron chi connectivity index (χ4n) is 2.77. The normalized spacial score (nSPS) is 25.1. The topological polar surface area (TPSA) is 30.5 Å². The molecular weight excluding hydrogens is 250 g/mol. The second kappa shape index (κ2) is 6.59. The van der Waals surface area contributed by atoms with Crippen molar-refractivity contribution in [2.24, 2.45) is 11.8 Å². The maximum atomic E-state index is 5.78. The van der Waals surface area contributed by atoms with Crippen molar-refractivity contribution < 1.29 is 9.47 Å². The van der Waals surface area contributed by atoms with E-state index < -0.39 is 0 Å². The lowest BCUT2D eigenvalue weighted by Crippen LogP contribution is -2.34. The van der Waals surface area contributed by atoms with E-state index in [0.29, 0.717) is 12.0 Å². The minimum atomic E-state index is 0.406. The first-order valence-electron chi connectivity index (χ1n) is 7.87. The van der Waals surface area contributed by atoms with Crippen LogP contribution < -0.4 is 10.1 Å². The van der Waals surface area contributed by atoms with E-state index in [-0.39, 0.29) is 0 Å². The number of ether oxygens (including phenoxy) is 2. The van der Waals surface area contributed by atoms with E-state index in [4.69, 9.17) is 9.47 Å². The molecule has 1 fully saturated rings. The van der Waals surface area contributed by atoms with Gasteiger partial charge >= 0.3 is 0 Å². The number of fused-ring (bicyclic) bond motifs is 1. The van der Waals surface area contributed by atoms with Gasteiger partial charge in [0.05, 0.1) is 6.61 Å². The van der Waals surface area contributed by atoms with Crippen LogP contribution in [0.2, 0.25) is 0 Å². The summed E-state index contributed by atoms with van der Waals surface area (Å²) in [6.07, 6.45) is 3.82. The predicted octanol–water partition coefficient (Wildman–Crippen LogP) is 3.16. The van der Waals surface area contributed by atoms with Crippen molar-refractivity contribution in [1.82, 2.24) is 5.32 Å². The zero-order chi connectivity index (χ0) is 13.8. The number of hydrogen-bond donors (Lipinski definition) is 1. The average molecular weight is 275 g/mol. The molecule has 1 N–H and O–H groups in total. The smallest absolute Gasteiger partial charge is 0.124 e. The van der Waals surface area contributed by atoms with E-state index in [2.05, 4.69) is 30.4 Å². The Morgan fingerprint density at radius 3 is 3.00 bits per heavy atom. The fourth-order valence-corrected chi connectivity index (χ4v) is 2.77. The van der Waals surface area contributed by atoms with E-state index >= 15 is 0 Å². The number of nitrogens with one attached hydrogen (secondary N) is 1. The SMILES string of the molecule is CC1COc2ccccc2C1NCCCOCC1CC1. The van der Waals surface area contributed by atoms with Crippen molar-refractivity contribution in [3.8, 4) is 5.75 Å². The van der Waals surface area contributed by atoms with Crippen molar-refractivity contribution in [2.75, 3.05) is 26.4 Å². The molecule has 3 rings (SSSR count). The van der Waals surface area contributed by atoms with Crippen LogP contribution in [-0.2, 0) is 4.74 Å². The average Bonchev–Trinajstić information content (AvgIpc) is 3.29. The van der Waals surface area contributed by atoms with Crippen LogP contribution in [0.25, 0.3) is 0 Å². The van der Waals surface area contributed by atoms with Gasteiger partial charge in [-0.2, -0.15) is 0 Å². The lowest BCUT2D eigenvalue weighted by Gasteiger charge is -2.32. The fraction of sp³-hybridized carbons (Fsp3) is 0.647. The Hall–Kier alpha value is -1.06. The molecule has 0 radical (unpaired) electrons. The van der Waals surface area contributed by atoms with Gasteiger partial charge in [-0.15, -0.1) is 0 Å². The summed E-state index contributed by atoms with van der Waals surface area (Å²) in [6, 6.07) is 8.77.